The number of benzene rings is 1. The Balaban J connectivity index is 2.10. The second-order valence-electron chi connectivity index (χ2n) is 4.27. The lowest BCUT2D eigenvalue weighted by Crippen LogP contribution is -2.26. The van der Waals surface area contributed by atoms with Crippen LogP contribution in [-0.2, 0) is 29.0 Å². The number of hydrogen-bond donors (Lipinski definition) is 0. The number of amides is 1. The van der Waals surface area contributed by atoms with Gasteiger partial charge in [0.05, 0.1) is 0 Å². The number of aldehydes is 1. The molecule has 0 heterocycles. The molecule has 1 aromatic carbocycles. The summed E-state index contributed by atoms with van der Waals surface area (Å²) in [7, 11) is 1.64. The molecule has 0 unspecified atom stereocenters. The number of likely N-dealkylation sites (N-methyl/N-ethyl adjacent to an activating group) is 1. The largest absolute Gasteiger partial charge is 0.335 e. The van der Waals surface area contributed by atoms with Crippen LogP contribution in [-0.4, -0.2) is 24.1 Å². The number of carbonyl (C=O) groups is 2. The maximum Gasteiger partial charge on any atom is 0.286 e. The van der Waals surface area contributed by atoms with Gasteiger partial charge in [-0.05, 0) is 36.0 Å². The summed E-state index contributed by atoms with van der Waals surface area (Å²) in [6.07, 6.45) is 3.88. The van der Waals surface area contributed by atoms with Gasteiger partial charge in [0.1, 0.15) is 0 Å². The van der Waals surface area contributed by atoms with Crippen LogP contribution in [0.3, 0.4) is 0 Å². The molecule has 0 saturated carbocycles. The predicted molar refractivity (Wildman–Crippen MR) is 61.0 cm³/mol. The van der Waals surface area contributed by atoms with E-state index in [1.807, 2.05) is 6.07 Å². The number of carbonyl (C=O) groups excluding carboxylic acids is 2. The Kier molecular flexibility index (Phi) is 3.04. The summed E-state index contributed by atoms with van der Waals surface area (Å²) in [6, 6.07) is 6.33. The molecular formula is C13H15NO2. The highest BCUT2D eigenvalue weighted by Crippen LogP contribution is 2.23. The quantitative estimate of drug-likeness (QED) is 0.566. The van der Waals surface area contributed by atoms with Crippen LogP contribution in [0.25, 0.3) is 0 Å². The van der Waals surface area contributed by atoms with E-state index in [1.54, 1.807) is 7.05 Å². The minimum atomic E-state index is -0.472. The average Bonchev–Trinajstić information content (AvgIpc) is 2.75. The molecule has 0 saturated heterocycles. The molecule has 0 N–H and O–H groups in total. The third-order valence-corrected chi connectivity index (χ3v) is 3.06. The first kappa shape index (κ1) is 10.9. The Hall–Kier alpha value is -1.64. The van der Waals surface area contributed by atoms with Gasteiger partial charge in [0.15, 0.2) is 0 Å². The second kappa shape index (κ2) is 4.47. The van der Waals surface area contributed by atoms with Crippen molar-refractivity contribution >= 4 is 12.2 Å². The number of hydrogen-bond acceptors (Lipinski definition) is 2. The fourth-order valence-corrected chi connectivity index (χ4v) is 2.17. The van der Waals surface area contributed by atoms with Crippen LogP contribution in [0.15, 0.2) is 18.2 Å². The molecule has 1 aliphatic rings. The molecule has 16 heavy (non-hydrogen) atoms. The van der Waals surface area contributed by atoms with Gasteiger partial charge in [-0.25, -0.2) is 0 Å². The summed E-state index contributed by atoms with van der Waals surface area (Å²) < 4.78 is 0. The van der Waals surface area contributed by atoms with Crippen LogP contribution in [0, 0.1) is 0 Å². The van der Waals surface area contributed by atoms with Crippen molar-refractivity contribution in [3.8, 4) is 0 Å². The number of nitrogens with zero attached hydrogens (tertiary/aromatic N) is 1. The Morgan fingerprint density at radius 3 is 2.88 bits per heavy atom. The zero-order chi connectivity index (χ0) is 11.5. The van der Waals surface area contributed by atoms with Crippen LogP contribution in [0.4, 0.5) is 0 Å². The lowest BCUT2D eigenvalue weighted by atomic mass is 10.1. The number of fused-ring (bicyclic) bond motifs is 1. The molecule has 0 radical (unpaired) electrons. The van der Waals surface area contributed by atoms with Crippen molar-refractivity contribution < 1.29 is 9.59 Å². The molecule has 1 aliphatic carbocycles. The highest BCUT2D eigenvalue weighted by atomic mass is 16.2. The lowest BCUT2D eigenvalue weighted by molar-refractivity contribution is -0.138. The van der Waals surface area contributed by atoms with Gasteiger partial charge in [0.2, 0.25) is 6.29 Å². The van der Waals surface area contributed by atoms with E-state index in [1.165, 1.54) is 28.9 Å². The standard InChI is InChI=1S/C13H15NO2/c1-14(13(16)9-15)8-10-5-6-11-3-2-4-12(11)7-10/h5-7,9H,2-4,8H2,1H3. The normalized spacial score (nSPS) is 13.3. The van der Waals surface area contributed by atoms with Crippen molar-refractivity contribution in [2.45, 2.75) is 25.8 Å². The minimum absolute atomic E-state index is 0.355. The summed E-state index contributed by atoms with van der Waals surface area (Å²) >= 11 is 0. The molecule has 1 aromatic rings. The minimum Gasteiger partial charge on any atom is -0.335 e. The van der Waals surface area contributed by atoms with Gasteiger partial charge in [0, 0.05) is 13.6 Å². The Labute approximate surface area is 95.1 Å². The number of rotatable bonds is 3. The van der Waals surface area contributed by atoms with Crippen LogP contribution in [0.1, 0.15) is 23.1 Å². The molecule has 3 nitrogen and oxygen atoms in total. The van der Waals surface area contributed by atoms with Crippen molar-refractivity contribution in [1.82, 2.24) is 4.90 Å². The van der Waals surface area contributed by atoms with Gasteiger partial charge < -0.3 is 4.90 Å². The third kappa shape index (κ3) is 2.13. The lowest BCUT2D eigenvalue weighted by Gasteiger charge is -2.14. The SMILES string of the molecule is CN(Cc1ccc2c(c1)CCC2)C(=O)C=O. The molecule has 0 spiro atoms. The molecular weight excluding hydrogens is 202 g/mol. The molecule has 3 heteroatoms. The number of aryl methyl sites for hydroxylation is 2. The van der Waals surface area contributed by atoms with E-state index in [0.29, 0.717) is 12.8 Å². The van der Waals surface area contributed by atoms with Crippen LogP contribution in [0.5, 0.6) is 0 Å². The van der Waals surface area contributed by atoms with Gasteiger partial charge in [-0.1, -0.05) is 18.2 Å². The van der Waals surface area contributed by atoms with Gasteiger partial charge in [-0.2, -0.15) is 0 Å². The summed E-state index contributed by atoms with van der Waals surface area (Å²) in [5.74, 6) is -0.472. The third-order valence-electron chi connectivity index (χ3n) is 3.06. The van der Waals surface area contributed by atoms with Crippen LogP contribution < -0.4 is 0 Å². The Bertz CT molecular complexity index is 426. The zero-order valence-electron chi connectivity index (χ0n) is 9.40. The first-order valence-corrected chi connectivity index (χ1v) is 5.51. The van der Waals surface area contributed by atoms with Crippen molar-refractivity contribution in [2.75, 3.05) is 7.05 Å². The second-order valence-corrected chi connectivity index (χ2v) is 4.27. The molecule has 1 amide bonds. The topological polar surface area (TPSA) is 37.4 Å². The summed E-state index contributed by atoms with van der Waals surface area (Å²) in [5.41, 5.74) is 3.91. The summed E-state index contributed by atoms with van der Waals surface area (Å²) in [4.78, 5) is 22.9. The molecule has 84 valence electrons. The fraction of sp³-hybridized carbons (Fsp3) is 0.385. The van der Waals surface area contributed by atoms with E-state index in [9.17, 15) is 9.59 Å². The predicted octanol–water partition coefficient (Wildman–Crippen LogP) is 1.33. The van der Waals surface area contributed by atoms with Gasteiger partial charge in [-0.15, -0.1) is 0 Å². The van der Waals surface area contributed by atoms with E-state index < -0.39 is 5.91 Å². The van der Waals surface area contributed by atoms with Crippen LogP contribution in [0.2, 0.25) is 0 Å². The van der Waals surface area contributed by atoms with Crippen molar-refractivity contribution in [2.24, 2.45) is 0 Å². The molecule has 0 aliphatic heterocycles. The maximum absolute atomic E-state index is 11.1. The molecule has 0 aromatic heterocycles. The molecule has 0 fully saturated rings. The van der Waals surface area contributed by atoms with E-state index in [-0.39, 0.29) is 0 Å². The summed E-state index contributed by atoms with van der Waals surface area (Å²) in [6.45, 7) is 0.505. The smallest absolute Gasteiger partial charge is 0.286 e. The van der Waals surface area contributed by atoms with E-state index in [0.717, 1.165) is 12.0 Å². The van der Waals surface area contributed by atoms with Gasteiger partial charge in [0.25, 0.3) is 5.91 Å². The maximum atomic E-state index is 11.1. The zero-order valence-corrected chi connectivity index (χ0v) is 9.40. The first-order valence-electron chi connectivity index (χ1n) is 5.51. The molecule has 2 rings (SSSR count). The Morgan fingerprint density at radius 1 is 1.38 bits per heavy atom. The van der Waals surface area contributed by atoms with Gasteiger partial charge in [-0.3, -0.25) is 9.59 Å². The van der Waals surface area contributed by atoms with Gasteiger partial charge >= 0.3 is 0 Å². The fourth-order valence-electron chi connectivity index (χ4n) is 2.17. The van der Waals surface area contributed by atoms with E-state index in [2.05, 4.69) is 12.1 Å². The van der Waals surface area contributed by atoms with Crippen molar-refractivity contribution in [3.05, 3.63) is 34.9 Å². The van der Waals surface area contributed by atoms with E-state index >= 15 is 0 Å². The first-order chi connectivity index (χ1) is 7.70. The summed E-state index contributed by atoms with van der Waals surface area (Å²) in [5, 5.41) is 0. The highest BCUT2D eigenvalue weighted by Gasteiger charge is 2.12. The molecule has 0 atom stereocenters. The van der Waals surface area contributed by atoms with Crippen molar-refractivity contribution in [3.63, 3.8) is 0 Å². The highest BCUT2D eigenvalue weighted by molar-refractivity contribution is 6.23. The van der Waals surface area contributed by atoms with E-state index in [4.69, 9.17) is 0 Å². The average molecular weight is 217 g/mol. The van der Waals surface area contributed by atoms with Crippen LogP contribution >= 0.6 is 0 Å². The molecule has 0 bridgehead atoms. The monoisotopic (exact) mass is 217 g/mol. The Morgan fingerprint density at radius 2 is 2.12 bits per heavy atom. The van der Waals surface area contributed by atoms with Crippen molar-refractivity contribution in [1.29, 1.82) is 0 Å².